The summed E-state index contributed by atoms with van der Waals surface area (Å²) in [6.45, 7) is 5.61. The molecule has 0 atom stereocenters. The summed E-state index contributed by atoms with van der Waals surface area (Å²) in [5, 5.41) is 0. The highest BCUT2D eigenvalue weighted by Gasteiger charge is 2.23. The van der Waals surface area contributed by atoms with E-state index in [1.165, 1.54) is 75.5 Å². The monoisotopic (exact) mass is 284 g/mol. The van der Waals surface area contributed by atoms with Gasteiger partial charge in [0.05, 0.1) is 26.8 Å². The van der Waals surface area contributed by atoms with Crippen molar-refractivity contribution in [2.24, 2.45) is 0 Å². The lowest BCUT2D eigenvalue weighted by atomic mass is 10.1. The van der Waals surface area contributed by atoms with E-state index >= 15 is 0 Å². The van der Waals surface area contributed by atoms with Gasteiger partial charge in [0.2, 0.25) is 0 Å². The Hall–Kier alpha value is -0.410. The number of unbranched alkanes of at least 4 members (excludes halogenated alkanes) is 9. The summed E-state index contributed by atoms with van der Waals surface area (Å²) in [5.74, 6) is 0. The fraction of sp³-hybridized carbons (Fsp3) is 0.941. The minimum atomic E-state index is 0.752. The number of carbonyl (C=O) groups is 1. The standard InChI is InChI=1S/C17H34NO2/c1-18(13-16-20-17-14-18)12-10-8-6-4-2-3-5-7-9-11-15-19/h15H,2-14,16-17H2,1H3/q+1. The van der Waals surface area contributed by atoms with Gasteiger partial charge < -0.3 is 14.0 Å². The van der Waals surface area contributed by atoms with Gasteiger partial charge >= 0.3 is 0 Å². The molecule has 0 spiro atoms. The average molecular weight is 284 g/mol. The molecule has 1 rings (SSSR count). The molecule has 0 saturated carbocycles. The van der Waals surface area contributed by atoms with Crippen LogP contribution in [0.3, 0.4) is 0 Å². The van der Waals surface area contributed by atoms with Crippen LogP contribution in [0.5, 0.6) is 0 Å². The zero-order valence-corrected chi connectivity index (χ0v) is 13.4. The highest BCUT2D eigenvalue weighted by molar-refractivity contribution is 5.48. The third-order valence-corrected chi connectivity index (χ3v) is 4.57. The van der Waals surface area contributed by atoms with Crippen molar-refractivity contribution >= 4 is 6.29 Å². The smallest absolute Gasteiger partial charge is 0.119 e. The van der Waals surface area contributed by atoms with Gasteiger partial charge in [-0.1, -0.05) is 38.5 Å². The summed E-state index contributed by atoms with van der Waals surface area (Å²) in [4.78, 5) is 10.2. The molecule has 0 aromatic heterocycles. The second-order valence-corrected chi connectivity index (χ2v) is 6.54. The summed E-state index contributed by atoms with van der Waals surface area (Å²) in [6, 6.07) is 0. The third-order valence-electron chi connectivity index (χ3n) is 4.57. The lowest BCUT2D eigenvalue weighted by Crippen LogP contribution is -2.52. The molecule has 3 nitrogen and oxygen atoms in total. The van der Waals surface area contributed by atoms with Gasteiger partial charge in [-0.05, 0) is 19.3 Å². The van der Waals surface area contributed by atoms with Crippen molar-refractivity contribution in [2.45, 2.75) is 64.2 Å². The van der Waals surface area contributed by atoms with Crippen molar-refractivity contribution in [1.82, 2.24) is 0 Å². The lowest BCUT2D eigenvalue weighted by Gasteiger charge is -2.37. The second-order valence-electron chi connectivity index (χ2n) is 6.54. The van der Waals surface area contributed by atoms with Crippen LogP contribution in [0.25, 0.3) is 0 Å². The molecule has 0 amide bonds. The average Bonchev–Trinajstić information content (AvgIpc) is 2.45. The Morgan fingerprint density at radius 3 is 1.90 bits per heavy atom. The van der Waals surface area contributed by atoms with E-state index in [0.29, 0.717) is 0 Å². The molecule has 1 fully saturated rings. The highest BCUT2D eigenvalue weighted by atomic mass is 16.5. The topological polar surface area (TPSA) is 26.3 Å². The molecule has 0 aromatic carbocycles. The second kappa shape index (κ2) is 11.3. The number of nitrogens with zero attached hydrogens (tertiary/aromatic N) is 1. The van der Waals surface area contributed by atoms with Crippen molar-refractivity contribution in [2.75, 3.05) is 39.9 Å². The van der Waals surface area contributed by atoms with Crippen LogP contribution in [0.1, 0.15) is 64.2 Å². The van der Waals surface area contributed by atoms with E-state index in [4.69, 9.17) is 4.74 Å². The quantitative estimate of drug-likeness (QED) is 0.311. The number of carbonyl (C=O) groups excluding carboxylic acids is 1. The predicted molar refractivity (Wildman–Crippen MR) is 83.8 cm³/mol. The van der Waals surface area contributed by atoms with Gasteiger partial charge in [-0.2, -0.15) is 0 Å². The highest BCUT2D eigenvalue weighted by Crippen LogP contribution is 2.13. The van der Waals surface area contributed by atoms with E-state index in [1.807, 2.05) is 0 Å². The zero-order chi connectivity index (χ0) is 14.5. The maximum Gasteiger partial charge on any atom is 0.119 e. The van der Waals surface area contributed by atoms with E-state index < -0.39 is 0 Å². The van der Waals surface area contributed by atoms with Crippen molar-refractivity contribution in [1.29, 1.82) is 0 Å². The first-order chi connectivity index (χ1) is 9.77. The number of likely N-dealkylation sites (N-methyl/N-ethyl adjacent to an activating group) is 1. The van der Waals surface area contributed by atoms with Crippen LogP contribution < -0.4 is 0 Å². The Labute approximate surface area is 125 Å². The fourth-order valence-corrected chi connectivity index (χ4v) is 2.97. The lowest BCUT2D eigenvalue weighted by molar-refractivity contribution is -0.917. The molecule has 0 bridgehead atoms. The Bertz CT molecular complexity index is 237. The van der Waals surface area contributed by atoms with Crippen LogP contribution in [0, 0.1) is 0 Å². The molecule has 1 heterocycles. The summed E-state index contributed by atoms with van der Waals surface area (Å²) < 4.78 is 6.66. The van der Waals surface area contributed by atoms with E-state index in [-0.39, 0.29) is 0 Å². The summed E-state index contributed by atoms with van der Waals surface area (Å²) >= 11 is 0. The molecule has 1 aliphatic heterocycles. The first-order valence-corrected chi connectivity index (χ1v) is 8.62. The number of morpholine rings is 1. The van der Waals surface area contributed by atoms with Gasteiger partial charge in [0.1, 0.15) is 19.4 Å². The Morgan fingerprint density at radius 2 is 1.35 bits per heavy atom. The largest absolute Gasteiger partial charge is 0.370 e. The number of aldehydes is 1. The molecule has 3 heteroatoms. The van der Waals surface area contributed by atoms with Gasteiger partial charge in [-0.3, -0.25) is 0 Å². The van der Waals surface area contributed by atoms with Crippen molar-refractivity contribution < 1.29 is 14.0 Å². The molecular formula is C17H34NO2+. The molecule has 0 unspecified atom stereocenters. The number of quaternary nitrogens is 1. The van der Waals surface area contributed by atoms with Gasteiger partial charge in [-0.25, -0.2) is 0 Å². The number of hydrogen-bond acceptors (Lipinski definition) is 2. The maximum absolute atomic E-state index is 10.2. The molecule has 0 aromatic rings. The zero-order valence-electron chi connectivity index (χ0n) is 13.4. The number of hydrogen-bond donors (Lipinski definition) is 0. The van der Waals surface area contributed by atoms with E-state index in [2.05, 4.69) is 7.05 Å². The Kier molecular flexibility index (Phi) is 9.94. The normalized spacial score (nSPS) is 18.1. The first-order valence-electron chi connectivity index (χ1n) is 8.62. The Morgan fingerprint density at radius 1 is 0.850 bits per heavy atom. The minimum Gasteiger partial charge on any atom is -0.370 e. The summed E-state index contributed by atoms with van der Waals surface area (Å²) in [7, 11) is 2.38. The van der Waals surface area contributed by atoms with E-state index in [0.717, 1.165) is 32.3 Å². The SMILES string of the molecule is C[N+]1(CCCCCCCCCCCC=O)CCOCC1. The molecule has 1 aliphatic rings. The number of ether oxygens (including phenoxy) is 1. The van der Waals surface area contributed by atoms with Crippen LogP contribution in [0.4, 0.5) is 0 Å². The predicted octanol–water partition coefficient (Wildman–Crippen LogP) is 3.56. The van der Waals surface area contributed by atoms with Gasteiger partial charge in [0.15, 0.2) is 0 Å². The molecular weight excluding hydrogens is 250 g/mol. The molecule has 0 N–H and O–H groups in total. The summed E-state index contributed by atoms with van der Waals surface area (Å²) in [6.07, 6.45) is 13.7. The maximum atomic E-state index is 10.2. The molecule has 0 aliphatic carbocycles. The fourth-order valence-electron chi connectivity index (χ4n) is 2.97. The third kappa shape index (κ3) is 8.70. The van der Waals surface area contributed by atoms with Crippen LogP contribution in [0.2, 0.25) is 0 Å². The molecule has 118 valence electrons. The first kappa shape index (κ1) is 17.6. The van der Waals surface area contributed by atoms with Gasteiger partial charge in [0.25, 0.3) is 0 Å². The van der Waals surface area contributed by atoms with Crippen molar-refractivity contribution in [3.63, 3.8) is 0 Å². The van der Waals surface area contributed by atoms with Crippen molar-refractivity contribution in [3.05, 3.63) is 0 Å². The van der Waals surface area contributed by atoms with Gasteiger partial charge in [-0.15, -0.1) is 0 Å². The minimum absolute atomic E-state index is 0.752. The van der Waals surface area contributed by atoms with E-state index in [1.54, 1.807) is 0 Å². The summed E-state index contributed by atoms with van der Waals surface area (Å²) in [5.41, 5.74) is 0. The van der Waals surface area contributed by atoms with Crippen LogP contribution in [-0.2, 0) is 9.53 Å². The molecule has 1 saturated heterocycles. The van der Waals surface area contributed by atoms with Crippen LogP contribution in [0.15, 0.2) is 0 Å². The van der Waals surface area contributed by atoms with E-state index in [9.17, 15) is 4.79 Å². The van der Waals surface area contributed by atoms with Crippen molar-refractivity contribution in [3.8, 4) is 0 Å². The molecule has 0 radical (unpaired) electrons. The molecule has 20 heavy (non-hydrogen) atoms. The number of rotatable bonds is 12. The van der Waals surface area contributed by atoms with Crippen LogP contribution >= 0.6 is 0 Å². The van der Waals surface area contributed by atoms with Crippen LogP contribution in [-0.4, -0.2) is 50.7 Å². The Balaban J connectivity index is 1.81. The van der Waals surface area contributed by atoms with Gasteiger partial charge in [0, 0.05) is 6.42 Å².